The van der Waals surface area contributed by atoms with E-state index in [2.05, 4.69) is 170 Å². The van der Waals surface area contributed by atoms with Crippen molar-refractivity contribution >= 4 is 21.5 Å². The van der Waals surface area contributed by atoms with Crippen molar-refractivity contribution in [3.63, 3.8) is 0 Å². The van der Waals surface area contributed by atoms with Crippen molar-refractivity contribution in [1.82, 2.24) is 15.0 Å². The average molecular weight is 650 g/mol. The largest absolute Gasteiger partial charge is 0.208 e. The summed E-state index contributed by atoms with van der Waals surface area (Å²) in [5, 5.41) is 4.66. The molecule has 1 aliphatic carbocycles. The predicted octanol–water partition coefficient (Wildman–Crippen LogP) is 11.5. The standard InChI is InChI=1S/C48H31N3/c1-4-15-33(16-5-1)45-49-46(36-26-24-32-14-10-11-17-34(32)28-36)51-47(50-45)37-27-25-35-31-44-42(30-38(35)29-37)41-22-12-13-23-43(41)48(44,39-18-6-2-7-19-39)40-20-8-3-9-21-40/h1-31H. The minimum absolute atomic E-state index is 0.436. The number of fused-ring (bicyclic) bond motifs is 5. The molecule has 0 saturated carbocycles. The highest BCUT2D eigenvalue weighted by molar-refractivity contribution is 5.97. The lowest BCUT2D eigenvalue weighted by molar-refractivity contribution is 0.769. The zero-order valence-corrected chi connectivity index (χ0v) is 27.7. The van der Waals surface area contributed by atoms with Gasteiger partial charge in [-0.05, 0) is 79.2 Å². The summed E-state index contributed by atoms with van der Waals surface area (Å²) >= 11 is 0. The van der Waals surface area contributed by atoms with Gasteiger partial charge in [-0.3, -0.25) is 0 Å². The van der Waals surface area contributed by atoms with E-state index in [4.69, 9.17) is 15.0 Å². The Morgan fingerprint density at radius 3 is 1.45 bits per heavy atom. The van der Waals surface area contributed by atoms with Crippen molar-refractivity contribution in [1.29, 1.82) is 0 Å². The van der Waals surface area contributed by atoms with Gasteiger partial charge in [0.2, 0.25) is 0 Å². The van der Waals surface area contributed by atoms with E-state index < -0.39 is 5.41 Å². The minimum Gasteiger partial charge on any atom is -0.208 e. The van der Waals surface area contributed by atoms with Crippen LogP contribution in [0.4, 0.5) is 0 Å². The van der Waals surface area contributed by atoms with Gasteiger partial charge in [0.15, 0.2) is 17.5 Å². The van der Waals surface area contributed by atoms with Gasteiger partial charge < -0.3 is 0 Å². The Bertz CT molecular complexity index is 2700. The Balaban J connectivity index is 1.18. The molecule has 0 atom stereocenters. The lowest BCUT2D eigenvalue weighted by Crippen LogP contribution is -2.28. The molecule has 0 spiro atoms. The second kappa shape index (κ2) is 11.7. The molecule has 1 aromatic heterocycles. The second-order valence-corrected chi connectivity index (χ2v) is 13.2. The second-order valence-electron chi connectivity index (χ2n) is 13.2. The van der Waals surface area contributed by atoms with Gasteiger partial charge in [-0.1, -0.05) is 164 Å². The molecule has 3 heteroatoms. The van der Waals surface area contributed by atoms with Crippen LogP contribution in [-0.4, -0.2) is 15.0 Å². The van der Waals surface area contributed by atoms with Crippen LogP contribution in [0.2, 0.25) is 0 Å². The van der Waals surface area contributed by atoms with Crippen molar-refractivity contribution in [2.24, 2.45) is 0 Å². The molecule has 0 amide bonds. The zero-order valence-electron chi connectivity index (χ0n) is 27.7. The van der Waals surface area contributed by atoms with Crippen molar-refractivity contribution in [2.75, 3.05) is 0 Å². The Hall–Kier alpha value is -6.71. The van der Waals surface area contributed by atoms with Gasteiger partial charge in [0.25, 0.3) is 0 Å². The van der Waals surface area contributed by atoms with Crippen LogP contribution in [0.1, 0.15) is 22.3 Å². The van der Waals surface area contributed by atoms with Crippen LogP contribution in [0.15, 0.2) is 188 Å². The molecule has 1 heterocycles. The van der Waals surface area contributed by atoms with Crippen LogP contribution >= 0.6 is 0 Å². The first kappa shape index (κ1) is 29.2. The molecule has 51 heavy (non-hydrogen) atoms. The molecule has 0 radical (unpaired) electrons. The molecule has 1 aliphatic rings. The average Bonchev–Trinajstić information content (AvgIpc) is 3.50. The van der Waals surface area contributed by atoms with E-state index >= 15 is 0 Å². The Kier molecular flexibility index (Phi) is 6.71. The van der Waals surface area contributed by atoms with E-state index in [1.807, 2.05) is 18.2 Å². The van der Waals surface area contributed by atoms with E-state index in [-0.39, 0.29) is 0 Å². The highest BCUT2D eigenvalue weighted by Gasteiger charge is 2.46. The van der Waals surface area contributed by atoms with Crippen LogP contribution in [0, 0.1) is 0 Å². The third-order valence-corrected chi connectivity index (χ3v) is 10.3. The molecule has 0 bridgehead atoms. The highest BCUT2D eigenvalue weighted by atomic mass is 15.0. The minimum atomic E-state index is -0.436. The van der Waals surface area contributed by atoms with Gasteiger partial charge in [-0.2, -0.15) is 0 Å². The summed E-state index contributed by atoms with van der Waals surface area (Å²) in [6.45, 7) is 0. The zero-order chi connectivity index (χ0) is 33.8. The molecule has 9 aromatic rings. The number of hydrogen-bond acceptors (Lipinski definition) is 3. The maximum absolute atomic E-state index is 5.10. The summed E-state index contributed by atoms with van der Waals surface area (Å²) in [4.78, 5) is 15.2. The van der Waals surface area contributed by atoms with Gasteiger partial charge >= 0.3 is 0 Å². The third-order valence-electron chi connectivity index (χ3n) is 10.3. The van der Waals surface area contributed by atoms with Crippen LogP contribution in [0.3, 0.4) is 0 Å². The Labute approximate surface area is 296 Å². The number of aromatic nitrogens is 3. The lowest BCUT2D eigenvalue weighted by Gasteiger charge is -2.34. The van der Waals surface area contributed by atoms with Gasteiger partial charge in [0.1, 0.15) is 0 Å². The van der Waals surface area contributed by atoms with Crippen LogP contribution in [0.5, 0.6) is 0 Å². The maximum Gasteiger partial charge on any atom is 0.164 e. The molecule has 0 N–H and O–H groups in total. The third kappa shape index (κ3) is 4.70. The quantitative estimate of drug-likeness (QED) is 0.186. The number of rotatable bonds is 5. The Morgan fingerprint density at radius 2 is 0.784 bits per heavy atom. The van der Waals surface area contributed by atoms with E-state index in [1.54, 1.807) is 0 Å². The van der Waals surface area contributed by atoms with E-state index in [0.717, 1.165) is 27.5 Å². The number of hydrogen-bond donors (Lipinski definition) is 0. The van der Waals surface area contributed by atoms with Gasteiger partial charge in [0, 0.05) is 16.7 Å². The van der Waals surface area contributed by atoms with E-state index in [0.29, 0.717) is 17.5 Å². The predicted molar refractivity (Wildman–Crippen MR) is 208 cm³/mol. The normalized spacial score (nSPS) is 12.9. The molecule has 10 rings (SSSR count). The summed E-state index contributed by atoms with van der Waals surface area (Å²) in [6.07, 6.45) is 0. The summed E-state index contributed by atoms with van der Waals surface area (Å²) in [6, 6.07) is 67.1. The molecule has 0 saturated heterocycles. The molecule has 238 valence electrons. The maximum atomic E-state index is 5.10. The fraction of sp³-hybridized carbons (Fsp3) is 0.0208. The van der Waals surface area contributed by atoms with Gasteiger partial charge in [-0.25, -0.2) is 15.0 Å². The molecular weight excluding hydrogens is 619 g/mol. The monoisotopic (exact) mass is 649 g/mol. The first-order valence-corrected chi connectivity index (χ1v) is 17.4. The van der Waals surface area contributed by atoms with Crippen molar-refractivity contribution in [2.45, 2.75) is 5.41 Å². The van der Waals surface area contributed by atoms with Gasteiger partial charge in [0.05, 0.1) is 5.41 Å². The summed E-state index contributed by atoms with van der Waals surface area (Å²) in [5.74, 6) is 1.96. The fourth-order valence-corrected chi connectivity index (χ4v) is 8.00. The fourth-order valence-electron chi connectivity index (χ4n) is 8.00. The number of benzene rings is 8. The highest BCUT2D eigenvalue weighted by Crippen LogP contribution is 2.56. The van der Waals surface area contributed by atoms with Crippen molar-refractivity contribution in [3.8, 4) is 45.3 Å². The first-order valence-electron chi connectivity index (χ1n) is 17.4. The summed E-state index contributed by atoms with van der Waals surface area (Å²) < 4.78 is 0. The summed E-state index contributed by atoms with van der Waals surface area (Å²) in [7, 11) is 0. The Morgan fingerprint density at radius 1 is 0.294 bits per heavy atom. The van der Waals surface area contributed by atoms with Crippen LogP contribution < -0.4 is 0 Å². The molecule has 3 nitrogen and oxygen atoms in total. The number of nitrogens with zero attached hydrogens (tertiary/aromatic N) is 3. The summed E-state index contributed by atoms with van der Waals surface area (Å²) in [5.41, 5.74) is 10.1. The first-order chi connectivity index (χ1) is 25.3. The van der Waals surface area contributed by atoms with Crippen molar-refractivity contribution in [3.05, 3.63) is 210 Å². The molecule has 0 aliphatic heterocycles. The smallest absolute Gasteiger partial charge is 0.164 e. The van der Waals surface area contributed by atoms with E-state index in [9.17, 15) is 0 Å². The van der Waals surface area contributed by atoms with Crippen molar-refractivity contribution < 1.29 is 0 Å². The topological polar surface area (TPSA) is 38.7 Å². The molecule has 0 unspecified atom stereocenters. The van der Waals surface area contributed by atoms with Gasteiger partial charge in [-0.15, -0.1) is 0 Å². The molecule has 0 fully saturated rings. The molecule has 8 aromatic carbocycles. The SMILES string of the molecule is c1ccc(-c2nc(-c3ccc4ccccc4c3)nc(-c3ccc4cc5c(cc4c3)-c3ccccc3C5(c3ccccc3)c3ccccc3)n2)cc1. The molecular formula is C48H31N3. The van der Waals surface area contributed by atoms with Crippen LogP contribution in [-0.2, 0) is 5.41 Å². The lowest BCUT2D eigenvalue weighted by atomic mass is 9.67. The van der Waals surface area contributed by atoms with Crippen LogP contribution in [0.25, 0.3) is 66.8 Å². The van der Waals surface area contributed by atoms with E-state index in [1.165, 1.54) is 44.2 Å².